The summed E-state index contributed by atoms with van der Waals surface area (Å²) in [6.07, 6.45) is 0.525. The van der Waals surface area contributed by atoms with Gasteiger partial charge in [0.25, 0.3) is 0 Å². The van der Waals surface area contributed by atoms with Crippen LogP contribution in [-0.4, -0.2) is 11.5 Å². The molecule has 0 fully saturated rings. The molecule has 1 aromatic carbocycles. The highest BCUT2D eigenvalue weighted by molar-refractivity contribution is 9.11. The molecule has 2 aromatic rings. The van der Waals surface area contributed by atoms with Crippen molar-refractivity contribution in [3.8, 4) is 0 Å². The Morgan fingerprint density at radius 3 is 2.72 bits per heavy atom. The molecule has 5 heteroatoms. The number of hydrogen-bond donors (Lipinski definition) is 0. The Morgan fingerprint density at radius 1 is 1.22 bits per heavy atom. The van der Waals surface area contributed by atoms with Gasteiger partial charge in [-0.3, -0.25) is 4.79 Å². The number of ketones is 1. The first kappa shape index (κ1) is 14.3. The van der Waals surface area contributed by atoms with Crippen LogP contribution >= 0.6 is 55.0 Å². The Kier molecular flexibility index (Phi) is 5.48. The second-order valence-electron chi connectivity index (χ2n) is 3.67. The monoisotopic (exact) mass is 404 g/mol. The summed E-state index contributed by atoms with van der Waals surface area (Å²) < 4.78 is 2.12. The molecule has 0 aliphatic carbocycles. The number of hydrogen-bond acceptors (Lipinski definition) is 3. The van der Waals surface area contributed by atoms with Crippen LogP contribution in [0.2, 0.25) is 0 Å². The predicted octanol–water partition coefficient (Wildman–Crippen LogP) is 5.18. The average molecular weight is 406 g/mol. The molecule has 0 aliphatic rings. The summed E-state index contributed by atoms with van der Waals surface area (Å²) in [5.41, 5.74) is 0. The maximum absolute atomic E-state index is 11.8. The SMILES string of the molecule is O=C(CSc1cccc(Br)c1)Cc1ccc(Br)s1. The first-order chi connectivity index (χ1) is 8.63. The van der Waals surface area contributed by atoms with Crippen LogP contribution in [0, 0.1) is 0 Å². The maximum Gasteiger partial charge on any atom is 0.148 e. The zero-order chi connectivity index (χ0) is 13.0. The first-order valence-electron chi connectivity index (χ1n) is 5.28. The lowest BCUT2D eigenvalue weighted by Gasteiger charge is -2.01. The van der Waals surface area contributed by atoms with Crippen molar-refractivity contribution in [3.63, 3.8) is 0 Å². The second-order valence-corrected chi connectivity index (χ2v) is 8.18. The molecule has 0 unspecified atom stereocenters. The number of rotatable bonds is 5. The minimum Gasteiger partial charge on any atom is -0.298 e. The molecule has 94 valence electrons. The van der Waals surface area contributed by atoms with Crippen molar-refractivity contribution >= 4 is 60.7 Å². The van der Waals surface area contributed by atoms with Crippen LogP contribution in [0.1, 0.15) is 4.88 Å². The minimum absolute atomic E-state index is 0.259. The third-order valence-electron chi connectivity index (χ3n) is 2.20. The fourth-order valence-electron chi connectivity index (χ4n) is 1.41. The molecule has 0 spiro atoms. The number of thiophene rings is 1. The molecule has 1 heterocycles. The quantitative estimate of drug-likeness (QED) is 0.637. The molecule has 0 saturated heterocycles. The third kappa shape index (κ3) is 4.53. The topological polar surface area (TPSA) is 17.1 Å². The molecule has 0 N–H and O–H groups in total. The van der Waals surface area contributed by atoms with Crippen LogP contribution in [0.3, 0.4) is 0 Å². The second kappa shape index (κ2) is 6.89. The van der Waals surface area contributed by atoms with Gasteiger partial charge >= 0.3 is 0 Å². The van der Waals surface area contributed by atoms with Crippen molar-refractivity contribution in [2.75, 3.05) is 5.75 Å². The fourth-order valence-corrected chi connectivity index (χ4v) is 4.29. The summed E-state index contributed by atoms with van der Waals surface area (Å²) in [4.78, 5) is 14.1. The molecule has 1 nitrogen and oxygen atoms in total. The summed E-state index contributed by atoms with van der Waals surface area (Å²) in [6, 6.07) is 12.0. The lowest BCUT2D eigenvalue weighted by atomic mass is 10.3. The Labute approximate surface area is 131 Å². The average Bonchev–Trinajstić information content (AvgIpc) is 2.72. The van der Waals surface area contributed by atoms with Crippen molar-refractivity contribution in [3.05, 3.63) is 49.5 Å². The van der Waals surface area contributed by atoms with Gasteiger partial charge in [0, 0.05) is 20.7 Å². The van der Waals surface area contributed by atoms with E-state index in [0.717, 1.165) is 18.0 Å². The van der Waals surface area contributed by atoms with E-state index in [4.69, 9.17) is 0 Å². The number of halogens is 2. The van der Waals surface area contributed by atoms with Crippen LogP contribution in [0.4, 0.5) is 0 Å². The standard InChI is InChI=1S/C13H10Br2OS2/c14-9-2-1-3-11(6-9)17-8-10(16)7-12-4-5-13(15)18-12/h1-6H,7-8H2. The molecule has 0 radical (unpaired) electrons. The highest BCUT2D eigenvalue weighted by Gasteiger charge is 2.07. The summed E-state index contributed by atoms with van der Waals surface area (Å²) in [7, 11) is 0. The highest BCUT2D eigenvalue weighted by Crippen LogP contribution is 2.25. The van der Waals surface area contributed by atoms with E-state index in [0.29, 0.717) is 12.2 Å². The molecule has 1 aromatic heterocycles. The van der Waals surface area contributed by atoms with Crippen LogP contribution in [-0.2, 0) is 11.2 Å². The van der Waals surface area contributed by atoms with Crippen molar-refractivity contribution in [1.82, 2.24) is 0 Å². The van der Waals surface area contributed by atoms with E-state index < -0.39 is 0 Å². The van der Waals surface area contributed by atoms with Gasteiger partial charge in [-0.05, 0) is 46.3 Å². The number of carbonyl (C=O) groups excluding carboxylic acids is 1. The highest BCUT2D eigenvalue weighted by atomic mass is 79.9. The van der Waals surface area contributed by atoms with Crippen molar-refractivity contribution < 1.29 is 4.79 Å². The lowest BCUT2D eigenvalue weighted by Crippen LogP contribution is -2.04. The summed E-state index contributed by atoms with van der Waals surface area (Å²) in [5, 5.41) is 0. The van der Waals surface area contributed by atoms with Crippen molar-refractivity contribution in [2.45, 2.75) is 11.3 Å². The Balaban J connectivity index is 1.85. The Morgan fingerprint density at radius 2 is 2.06 bits per heavy atom. The zero-order valence-electron chi connectivity index (χ0n) is 9.36. The van der Waals surface area contributed by atoms with E-state index in [1.54, 1.807) is 23.1 Å². The number of carbonyl (C=O) groups is 1. The lowest BCUT2D eigenvalue weighted by molar-refractivity contribution is -0.115. The Bertz CT molecular complexity index is 551. The van der Waals surface area contributed by atoms with Gasteiger partial charge in [0.2, 0.25) is 0 Å². The maximum atomic E-state index is 11.8. The zero-order valence-corrected chi connectivity index (χ0v) is 14.2. The van der Waals surface area contributed by atoms with Gasteiger partial charge in [-0.15, -0.1) is 23.1 Å². The van der Waals surface area contributed by atoms with Gasteiger partial charge < -0.3 is 0 Å². The summed E-state index contributed by atoms with van der Waals surface area (Å²) in [6.45, 7) is 0. The number of benzene rings is 1. The summed E-state index contributed by atoms with van der Waals surface area (Å²) >= 11 is 10.0. The largest absolute Gasteiger partial charge is 0.298 e. The predicted molar refractivity (Wildman–Crippen MR) is 85.6 cm³/mol. The van der Waals surface area contributed by atoms with Crippen LogP contribution in [0.5, 0.6) is 0 Å². The fraction of sp³-hybridized carbons (Fsp3) is 0.154. The molecule has 0 aliphatic heterocycles. The van der Waals surface area contributed by atoms with E-state index >= 15 is 0 Å². The van der Waals surface area contributed by atoms with Crippen LogP contribution in [0.25, 0.3) is 0 Å². The normalized spacial score (nSPS) is 10.6. The van der Waals surface area contributed by atoms with E-state index in [2.05, 4.69) is 31.9 Å². The molecule has 0 saturated carbocycles. The van der Waals surface area contributed by atoms with Gasteiger partial charge in [-0.2, -0.15) is 0 Å². The van der Waals surface area contributed by atoms with E-state index in [9.17, 15) is 4.79 Å². The van der Waals surface area contributed by atoms with E-state index in [1.807, 2.05) is 36.4 Å². The van der Waals surface area contributed by atoms with Gasteiger partial charge in [-0.25, -0.2) is 0 Å². The van der Waals surface area contributed by atoms with Crippen LogP contribution in [0.15, 0.2) is 49.6 Å². The van der Waals surface area contributed by atoms with Gasteiger partial charge in [-0.1, -0.05) is 22.0 Å². The van der Waals surface area contributed by atoms with Gasteiger partial charge in [0.15, 0.2) is 0 Å². The molecule has 18 heavy (non-hydrogen) atoms. The Hall–Kier alpha value is -0.100. The van der Waals surface area contributed by atoms with Crippen molar-refractivity contribution in [2.24, 2.45) is 0 Å². The molecule has 0 amide bonds. The van der Waals surface area contributed by atoms with Crippen molar-refractivity contribution in [1.29, 1.82) is 0 Å². The molecule has 0 bridgehead atoms. The minimum atomic E-state index is 0.259. The van der Waals surface area contributed by atoms with E-state index in [1.165, 1.54) is 0 Å². The number of Topliss-reactive ketones (excluding diaryl/α,β-unsaturated/α-hetero) is 1. The first-order valence-corrected chi connectivity index (χ1v) is 8.66. The summed E-state index contributed by atoms with van der Waals surface area (Å²) in [5.74, 6) is 0.778. The molecule has 2 rings (SSSR count). The molecule has 0 atom stereocenters. The van der Waals surface area contributed by atoms with E-state index in [-0.39, 0.29) is 5.78 Å². The van der Waals surface area contributed by atoms with Gasteiger partial charge in [0.05, 0.1) is 9.54 Å². The molecular weight excluding hydrogens is 396 g/mol. The van der Waals surface area contributed by atoms with Gasteiger partial charge in [0.1, 0.15) is 5.78 Å². The third-order valence-corrected chi connectivity index (χ3v) is 5.37. The van der Waals surface area contributed by atoms with Crippen LogP contribution < -0.4 is 0 Å². The number of thioether (sulfide) groups is 1. The smallest absolute Gasteiger partial charge is 0.148 e. The molecular formula is C13H10Br2OS2.